The van der Waals surface area contributed by atoms with Gasteiger partial charge >= 0.3 is 0 Å². The van der Waals surface area contributed by atoms with Crippen molar-refractivity contribution in [1.29, 1.82) is 0 Å². The van der Waals surface area contributed by atoms with Gasteiger partial charge in [0, 0.05) is 16.3 Å². The second-order valence-corrected chi connectivity index (χ2v) is 5.68. The van der Waals surface area contributed by atoms with Crippen LogP contribution in [0.25, 0.3) is 0 Å². The fourth-order valence-electron chi connectivity index (χ4n) is 1.47. The highest BCUT2D eigenvalue weighted by atomic mass is 35.5. The Kier molecular flexibility index (Phi) is 4.38. The predicted molar refractivity (Wildman–Crippen MR) is 79.4 cm³/mol. The van der Waals surface area contributed by atoms with Gasteiger partial charge in [-0.25, -0.2) is 4.98 Å². The van der Waals surface area contributed by atoms with Gasteiger partial charge in [0.15, 0.2) is 0 Å². The van der Waals surface area contributed by atoms with E-state index in [9.17, 15) is 0 Å². The molecule has 0 radical (unpaired) electrons. The Morgan fingerprint density at radius 3 is 2.72 bits per heavy atom. The van der Waals surface area contributed by atoms with Crippen molar-refractivity contribution in [1.82, 2.24) is 4.98 Å². The van der Waals surface area contributed by atoms with Crippen LogP contribution < -0.4 is 5.73 Å². The molecule has 0 saturated heterocycles. The van der Waals surface area contributed by atoms with Crippen molar-refractivity contribution in [3.05, 3.63) is 51.8 Å². The predicted octanol–water partition coefficient (Wildman–Crippen LogP) is 4.57. The molecule has 0 aliphatic carbocycles. The zero-order valence-electron chi connectivity index (χ0n) is 9.78. The molecule has 1 heterocycles. The van der Waals surface area contributed by atoms with Gasteiger partial charge in [-0.1, -0.05) is 35.3 Å². The maximum Gasteiger partial charge on any atom is 0.134 e. The molecule has 1 aromatic carbocycles. The number of rotatable bonds is 3. The number of nitrogens with two attached hydrogens (primary N) is 1. The Bertz CT molecular complexity index is 573. The van der Waals surface area contributed by atoms with Crippen LogP contribution in [0.5, 0.6) is 0 Å². The summed E-state index contributed by atoms with van der Waals surface area (Å²) in [5.74, 6) is 0.719. The normalized spacial score (nSPS) is 10.6. The first-order valence-electron chi connectivity index (χ1n) is 5.36. The molecule has 18 heavy (non-hydrogen) atoms. The molecule has 94 valence electrons. The Labute approximate surface area is 121 Å². The maximum absolute atomic E-state index is 6.03. The number of hydrogen-bond acceptors (Lipinski definition) is 3. The number of nitrogen functional groups attached to an aromatic ring is 1. The van der Waals surface area contributed by atoms with Crippen LogP contribution in [0, 0.1) is 6.92 Å². The van der Waals surface area contributed by atoms with E-state index in [1.165, 1.54) is 5.56 Å². The third-order valence-electron chi connectivity index (χ3n) is 2.44. The first-order valence-corrected chi connectivity index (χ1v) is 7.10. The molecule has 0 aliphatic rings. The fourth-order valence-corrected chi connectivity index (χ4v) is 3.01. The molecule has 5 heteroatoms. The summed E-state index contributed by atoms with van der Waals surface area (Å²) < 4.78 is 0. The molecular formula is C13H12Cl2N2S. The standard InChI is InChI=1S/C13H12Cl2N2S/c1-8-2-4-10(16)11(6-8)18-7-9-3-5-12(14)17-13(9)15/h2-6H,7,16H2,1H3. The summed E-state index contributed by atoms with van der Waals surface area (Å²) in [5.41, 5.74) is 8.84. The van der Waals surface area contributed by atoms with E-state index >= 15 is 0 Å². The third-order valence-corrected chi connectivity index (χ3v) is 4.10. The number of anilines is 1. The van der Waals surface area contributed by atoms with E-state index in [1.54, 1.807) is 17.8 Å². The van der Waals surface area contributed by atoms with Crippen LogP contribution in [0.1, 0.15) is 11.1 Å². The van der Waals surface area contributed by atoms with E-state index in [1.807, 2.05) is 25.1 Å². The van der Waals surface area contributed by atoms with Crippen molar-refractivity contribution in [3.63, 3.8) is 0 Å². The van der Waals surface area contributed by atoms with E-state index < -0.39 is 0 Å². The van der Waals surface area contributed by atoms with Gasteiger partial charge < -0.3 is 5.73 Å². The summed E-state index contributed by atoms with van der Waals surface area (Å²) in [5, 5.41) is 0.852. The molecule has 0 aliphatic heterocycles. The summed E-state index contributed by atoms with van der Waals surface area (Å²) in [6, 6.07) is 9.60. The molecule has 1 aromatic heterocycles. The molecule has 2 nitrogen and oxygen atoms in total. The number of nitrogens with zero attached hydrogens (tertiary/aromatic N) is 1. The van der Waals surface area contributed by atoms with Crippen LogP contribution in [0.3, 0.4) is 0 Å². The van der Waals surface area contributed by atoms with Gasteiger partial charge in [0.2, 0.25) is 0 Å². The largest absolute Gasteiger partial charge is 0.398 e. The number of pyridine rings is 1. The van der Waals surface area contributed by atoms with Gasteiger partial charge in [-0.2, -0.15) is 0 Å². The molecule has 0 atom stereocenters. The van der Waals surface area contributed by atoms with E-state index in [2.05, 4.69) is 11.1 Å². The monoisotopic (exact) mass is 298 g/mol. The molecule has 2 N–H and O–H groups in total. The number of thioether (sulfide) groups is 1. The van der Waals surface area contributed by atoms with Gasteiger partial charge in [0.25, 0.3) is 0 Å². The Balaban J connectivity index is 2.13. The van der Waals surface area contributed by atoms with Crippen molar-refractivity contribution in [2.75, 3.05) is 5.73 Å². The first kappa shape index (κ1) is 13.5. The maximum atomic E-state index is 6.03. The number of benzene rings is 1. The first-order chi connectivity index (χ1) is 8.56. The van der Waals surface area contributed by atoms with Crippen molar-refractivity contribution < 1.29 is 0 Å². The lowest BCUT2D eigenvalue weighted by Gasteiger charge is -2.07. The van der Waals surface area contributed by atoms with Gasteiger partial charge in [-0.15, -0.1) is 11.8 Å². The minimum Gasteiger partial charge on any atom is -0.398 e. The molecule has 0 saturated carbocycles. The van der Waals surface area contributed by atoms with E-state index in [4.69, 9.17) is 28.9 Å². The zero-order chi connectivity index (χ0) is 13.1. The second-order valence-electron chi connectivity index (χ2n) is 3.91. The molecule has 2 aromatic rings. The van der Waals surface area contributed by atoms with Crippen LogP contribution >= 0.6 is 35.0 Å². The van der Waals surface area contributed by atoms with E-state index in [0.717, 1.165) is 21.9 Å². The smallest absolute Gasteiger partial charge is 0.134 e. The Hall–Kier alpha value is -0.900. The summed E-state index contributed by atoms with van der Waals surface area (Å²) in [6.07, 6.45) is 0. The highest BCUT2D eigenvalue weighted by molar-refractivity contribution is 7.98. The lowest BCUT2D eigenvalue weighted by Crippen LogP contribution is -1.91. The average molecular weight is 299 g/mol. The van der Waals surface area contributed by atoms with E-state index in [-0.39, 0.29) is 0 Å². The van der Waals surface area contributed by atoms with Gasteiger partial charge in [0.05, 0.1) is 0 Å². The quantitative estimate of drug-likeness (QED) is 0.512. The Morgan fingerprint density at radius 1 is 1.22 bits per heavy atom. The third kappa shape index (κ3) is 3.31. The van der Waals surface area contributed by atoms with Crippen LogP contribution in [-0.2, 0) is 5.75 Å². The molecule has 0 amide bonds. The van der Waals surface area contributed by atoms with Crippen molar-refractivity contribution >= 4 is 40.7 Å². The fraction of sp³-hybridized carbons (Fsp3) is 0.154. The number of aryl methyl sites for hydroxylation is 1. The summed E-state index contributed by atoms with van der Waals surface area (Å²) in [4.78, 5) is 5.07. The number of hydrogen-bond donors (Lipinski definition) is 1. The van der Waals surface area contributed by atoms with Gasteiger partial charge in [-0.05, 0) is 36.2 Å². The molecule has 0 fully saturated rings. The number of aromatic nitrogens is 1. The topological polar surface area (TPSA) is 38.9 Å². The van der Waals surface area contributed by atoms with Crippen LogP contribution in [0.4, 0.5) is 5.69 Å². The average Bonchev–Trinajstić information content (AvgIpc) is 2.32. The zero-order valence-corrected chi connectivity index (χ0v) is 12.1. The van der Waals surface area contributed by atoms with Gasteiger partial charge in [0.1, 0.15) is 10.3 Å². The highest BCUT2D eigenvalue weighted by Crippen LogP contribution is 2.31. The highest BCUT2D eigenvalue weighted by Gasteiger charge is 2.06. The number of halogens is 2. The summed E-state index contributed by atoms with van der Waals surface area (Å²) in [6.45, 7) is 2.04. The molecule has 2 rings (SSSR count). The van der Waals surface area contributed by atoms with Crippen LogP contribution in [0.15, 0.2) is 35.2 Å². The Morgan fingerprint density at radius 2 is 2.00 bits per heavy atom. The van der Waals surface area contributed by atoms with E-state index in [0.29, 0.717) is 10.3 Å². The summed E-state index contributed by atoms with van der Waals surface area (Å²) >= 11 is 13.4. The molecule has 0 bridgehead atoms. The SMILES string of the molecule is Cc1ccc(N)c(SCc2ccc(Cl)nc2Cl)c1. The van der Waals surface area contributed by atoms with Crippen LogP contribution in [0.2, 0.25) is 10.3 Å². The van der Waals surface area contributed by atoms with Crippen LogP contribution in [-0.4, -0.2) is 4.98 Å². The second kappa shape index (κ2) is 5.83. The minimum absolute atomic E-state index is 0.406. The lowest BCUT2D eigenvalue weighted by atomic mass is 10.2. The summed E-state index contributed by atoms with van der Waals surface area (Å²) in [7, 11) is 0. The lowest BCUT2D eigenvalue weighted by molar-refractivity contribution is 1.25. The minimum atomic E-state index is 0.406. The van der Waals surface area contributed by atoms with Crippen molar-refractivity contribution in [2.45, 2.75) is 17.6 Å². The van der Waals surface area contributed by atoms with Crippen molar-refractivity contribution in [2.24, 2.45) is 0 Å². The van der Waals surface area contributed by atoms with Gasteiger partial charge in [-0.3, -0.25) is 0 Å². The molecule has 0 unspecified atom stereocenters. The molecule has 0 spiro atoms. The molecular weight excluding hydrogens is 287 g/mol. The van der Waals surface area contributed by atoms with Crippen molar-refractivity contribution in [3.8, 4) is 0 Å².